The van der Waals surface area contributed by atoms with Gasteiger partial charge in [-0.05, 0) is 36.5 Å². The molecule has 1 amide bonds. The van der Waals surface area contributed by atoms with Crippen molar-refractivity contribution >= 4 is 40.7 Å². The number of nitro groups is 1. The van der Waals surface area contributed by atoms with Gasteiger partial charge in [-0.15, -0.1) is 0 Å². The van der Waals surface area contributed by atoms with E-state index in [4.69, 9.17) is 9.15 Å². The van der Waals surface area contributed by atoms with E-state index in [1.165, 1.54) is 17.0 Å². The molecule has 2 aliphatic rings. The molecule has 32 heavy (non-hydrogen) atoms. The van der Waals surface area contributed by atoms with Crippen molar-refractivity contribution in [2.75, 3.05) is 49.1 Å². The van der Waals surface area contributed by atoms with Gasteiger partial charge in [0, 0.05) is 26.2 Å². The summed E-state index contributed by atoms with van der Waals surface area (Å²) in [6.07, 6.45) is -0.988. The summed E-state index contributed by atoms with van der Waals surface area (Å²) in [6.45, 7) is 3.41. The first-order chi connectivity index (χ1) is 15.4. The van der Waals surface area contributed by atoms with Gasteiger partial charge in [0.1, 0.15) is 22.6 Å². The number of carbonyl (C=O) groups is 1. The highest BCUT2D eigenvalue weighted by atomic mass is 32.1. The second-order valence-corrected chi connectivity index (χ2v) is 7.63. The molecule has 1 atom stereocenters. The van der Waals surface area contributed by atoms with Crippen LogP contribution in [0.4, 0.5) is 26.4 Å². The average molecular weight is 461 g/mol. The molecule has 2 aromatic rings. The maximum atomic E-state index is 14.9. The number of benzene rings is 1. The maximum absolute atomic E-state index is 14.9. The van der Waals surface area contributed by atoms with Crippen LogP contribution in [0, 0.1) is 15.9 Å². The van der Waals surface area contributed by atoms with Crippen LogP contribution in [0.15, 0.2) is 39.7 Å². The second-order valence-electron chi connectivity index (χ2n) is 7.44. The minimum absolute atomic E-state index is 0.224. The highest BCUT2D eigenvalue weighted by Gasteiger charge is 2.33. The Morgan fingerprint density at radius 2 is 2.03 bits per heavy atom. The first kappa shape index (κ1) is 21.9. The number of carbonyl (C=O) groups excluding carboxylic acids is 1. The maximum Gasteiger partial charge on any atom is 0.433 e. The minimum atomic E-state index is -0.566. The SMILES string of the molecule is O=C1O[C@@H](CN=C=S)CN1c1ccc(N2CCN(Cc3ccc([N+](=O)[O-])o3)CC2)c(F)c1. The van der Waals surface area contributed by atoms with Gasteiger partial charge in [-0.2, -0.15) is 0 Å². The number of furan rings is 1. The minimum Gasteiger partial charge on any atom is -0.442 e. The summed E-state index contributed by atoms with van der Waals surface area (Å²) in [5.41, 5.74) is 0.875. The largest absolute Gasteiger partial charge is 0.442 e. The fraction of sp³-hybridized carbons (Fsp3) is 0.400. The van der Waals surface area contributed by atoms with Crippen LogP contribution in [-0.2, 0) is 11.3 Å². The molecule has 0 aliphatic carbocycles. The molecule has 10 nitrogen and oxygen atoms in total. The molecule has 0 radical (unpaired) electrons. The van der Waals surface area contributed by atoms with Crippen molar-refractivity contribution in [2.45, 2.75) is 12.6 Å². The van der Waals surface area contributed by atoms with Crippen molar-refractivity contribution < 1.29 is 23.3 Å². The van der Waals surface area contributed by atoms with Crippen LogP contribution in [0.25, 0.3) is 0 Å². The highest BCUT2D eigenvalue weighted by molar-refractivity contribution is 7.78. The van der Waals surface area contributed by atoms with Crippen molar-refractivity contribution in [1.29, 1.82) is 0 Å². The van der Waals surface area contributed by atoms with Crippen molar-refractivity contribution in [3.05, 3.63) is 52.0 Å². The summed E-state index contributed by atoms with van der Waals surface area (Å²) >= 11 is 4.53. The zero-order valence-electron chi connectivity index (χ0n) is 17.0. The quantitative estimate of drug-likeness (QED) is 0.268. The lowest BCUT2D eigenvalue weighted by Gasteiger charge is -2.36. The Kier molecular flexibility index (Phi) is 6.45. The van der Waals surface area contributed by atoms with Crippen LogP contribution in [0.5, 0.6) is 0 Å². The van der Waals surface area contributed by atoms with E-state index in [9.17, 15) is 19.3 Å². The number of hydrogen-bond donors (Lipinski definition) is 0. The number of rotatable bonds is 7. The zero-order valence-corrected chi connectivity index (χ0v) is 17.8. The number of nitrogens with zero attached hydrogens (tertiary/aromatic N) is 5. The number of thiocarbonyl (C=S) groups is 1. The molecule has 1 aromatic carbocycles. The molecule has 1 aromatic heterocycles. The second kappa shape index (κ2) is 9.43. The Morgan fingerprint density at radius 3 is 2.69 bits per heavy atom. The van der Waals surface area contributed by atoms with E-state index in [1.807, 2.05) is 4.90 Å². The van der Waals surface area contributed by atoms with Gasteiger partial charge in [-0.3, -0.25) is 19.9 Å². The Hall–Kier alpha value is -3.34. The van der Waals surface area contributed by atoms with Crippen LogP contribution in [0.2, 0.25) is 0 Å². The normalized spacial score (nSPS) is 19.0. The van der Waals surface area contributed by atoms with Crippen LogP contribution in [0.3, 0.4) is 0 Å². The van der Waals surface area contributed by atoms with Crippen LogP contribution in [-0.4, -0.2) is 66.5 Å². The number of isothiocyanates is 1. The molecule has 0 saturated carbocycles. The van der Waals surface area contributed by atoms with E-state index in [2.05, 4.69) is 27.3 Å². The van der Waals surface area contributed by atoms with Gasteiger partial charge in [0.05, 0.1) is 42.2 Å². The summed E-state index contributed by atoms with van der Waals surface area (Å²) in [7, 11) is 0. The lowest BCUT2D eigenvalue weighted by atomic mass is 10.2. The van der Waals surface area contributed by atoms with Crippen molar-refractivity contribution in [2.24, 2.45) is 4.99 Å². The van der Waals surface area contributed by atoms with Crippen LogP contribution >= 0.6 is 12.2 Å². The molecular formula is C20H20FN5O5S. The van der Waals surface area contributed by atoms with Crippen molar-refractivity contribution in [3.63, 3.8) is 0 Å². The Bertz CT molecular complexity index is 1060. The zero-order chi connectivity index (χ0) is 22.7. The fourth-order valence-electron chi connectivity index (χ4n) is 3.80. The first-order valence-electron chi connectivity index (χ1n) is 9.96. The summed E-state index contributed by atoms with van der Waals surface area (Å²) in [4.78, 5) is 31.5. The number of amides is 1. The number of halogens is 1. The number of hydrogen-bond acceptors (Lipinski definition) is 9. The van der Waals surface area contributed by atoms with Gasteiger partial charge in [0.25, 0.3) is 0 Å². The molecule has 3 heterocycles. The van der Waals surface area contributed by atoms with E-state index < -0.39 is 22.9 Å². The molecule has 0 N–H and O–H groups in total. The van der Waals surface area contributed by atoms with Gasteiger partial charge >= 0.3 is 12.0 Å². The lowest BCUT2D eigenvalue weighted by Crippen LogP contribution is -2.46. The molecule has 4 rings (SSSR count). The Morgan fingerprint density at radius 1 is 1.25 bits per heavy atom. The molecule has 0 bridgehead atoms. The van der Waals surface area contributed by atoms with E-state index >= 15 is 0 Å². The van der Waals surface area contributed by atoms with Gasteiger partial charge in [0.2, 0.25) is 0 Å². The van der Waals surface area contributed by atoms with Crippen LogP contribution in [0.1, 0.15) is 5.76 Å². The van der Waals surface area contributed by atoms with Gasteiger partial charge in [0.15, 0.2) is 0 Å². The summed E-state index contributed by atoms with van der Waals surface area (Å²) in [5.74, 6) is -0.181. The Labute approximate surface area is 188 Å². The van der Waals surface area contributed by atoms with Crippen LogP contribution < -0.4 is 9.80 Å². The van der Waals surface area contributed by atoms with Gasteiger partial charge in [-0.1, -0.05) is 0 Å². The fourth-order valence-corrected chi connectivity index (χ4v) is 3.88. The summed E-state index contributed by atoms with van der Waals surface area (Å²) in [6, 6.07) is 7.62. The van der Waals surface area contributed by atoms with Crippen molar-refractivity contribution in [1.82, 2.24) is 4.90 Å². The first-order valence-corrected chi connectivity index (χ1v) is 10.4. The molecule has 2 aliphatic heterocycles. The molecule has 12 heteroatoms. The topological polar surface area (TPSA) is 105 Å². The van der Waals surface area contributed by atoms with E-state index in [1.54, 1.807) is 18.2 Å². The molecule has 0 spiro atoms. The molecule has 2 saturated heterocycles. The predicted octanol–water partition coefficient (Wildman–Crippen LogP) is 3.08. The predicted molar refractivity (Wildman–Crippen MR) is 117 cm³/mol. The summed E-state index contributed by atoms with van der Waals surface area (Å²) < 4.78 is 25.3. The molecule has 0 unspecified atom stereocenters. The molecule has 2 fully saturated rings. The third-order valence-electron chi connectivity index (χ3n) is 5.40. The smallest absolute Gasteiger partial charge is 0.433 e. The average Bonchev–Trinajstić information content (AvgIpc) is 3.39. The third-order valence-corrected chi connectivity index (χ3v) is 5.53. The molecular weight excluding hydrogens is 441 g/mol. The standard InChI is InChI=1S/C20H20FN5O5S/c21-17-9-14(25-12-16(10-22-13-32)31-20(25)27)1-3-18(17)24-7-5-23(6-8-24)11-15-2-4-19(30-15)26(28)29/h1-4,9,16H,5-8,10-12H2/t16-/m0/s1. The highest BCUT2D eigenvalue weighted by Crippen LogP contribution is 2.29. The van der Waals surface area contributed by atoms with Crippen molar-refractivity contribution in [3.8, 4) is 0 Å². The van der Waals surface area contributed by atoms with Gasteiger partial charge in [-0.25, -0.2) is 14.2 Å². The summed E-state index contributed by atoms with van der Waals surface area (Å²) in [5, 5.41) is 13.0. The third kappa shape index (κ3) is 4.77. The van der Waals surface area contributed by atoms with E-state index in [-0.39, 0.29) is 19.0 Å². The van der Waals surface area contributed by atoms with E-state index in [0.717, 1.165) is 0 Å². The number of ether oxygens (including phenoxy) is 1. The van der Waals surface area contributed by atoms with E-state index in [0.29, 0.717) is 49.9 Å². The number of aliphatic imine (C=N–C) groups is 1. The number of cyclic esters (lactones) is 1. The number of anilines is 2. The monoisotopic (exact) mass is 461 g/mol. The van der Waals surface area contributed by atoms with Gasteiger partial charge < -0.3 is 14.1 Å². The molecule has 168 valence electrons. The Balaban J connectivity index is 1.35. The lowest BCUT2D eigenvalue weighted by molar-refractivity contribution is -0.402. The number of piperazine rings is 1.